The quantitative estimate of drug-likeness (QED) is 0.595. The zero-order valence-electron chi connectivity index (χ0n) is 7.36. The first-order valence-corrected chi connectivity index (χ1v) is 6.93. The van der Waals surface area contributed by atoms with Crippen LogP contribution in [0.2, 0.25) is 0 Å². The van der Waals surface area contributed by atoms with Gasteiger partial charge in [0.1, 0.15) is 0 Å². The van der Waals surface area contributed by atoms with Gasteiger partial charge in [-0.1, -0.05) is 0 Å². The van der Waals surface area contributed by atoms with Crippen molar-refractivity contribution in [1.29, 1.82) is 0 Å². The van der Waals surface area contributed by atoms with Gasteiger partial charge in [0, 0.05) is 0 Å². The van der Waals surface area contributed by atoms with Crippen molar-refractivity contribution in [2.45, 2.75) is 6.42 Å². The molecular formula is C9H15ClNOSb. The van der Waals surface area contributed by atoms with Gasteiger partial charge < -0.3 is 0 Å². The molecule has 2 nitrogen and oxygen atoms in total. The van der Waals surface area contributed by atoms with E-state index in [9.17, 15) is 0 Å². The van der Waals surface area contributed by atoms with Crippen molar-refractivity contribution >= 4 is 37.8 Å². The van der Waals surface area contributed by atoms with E-state index in [1.807, 2.05) is 6.07 Å². The normalized spacial score (nSPS) is 9.31. The van der Waals surface area contributed by atoms with Crippen LogP contribution in [0.5, 0.6) is 0 Å². The van der Waals surface area contributed by atoms with Gasteiger partial charge in [-0.25, -0.2) is 0 Å². The minimum atomic E-state index is -0.558. The second-order valence-electron chi connectivity index (χ2n) is 2.49. The van der Waals surface area contributed by atoms with Crippen LogP contribution in [0, 0.1) is 0 Å². The van der Waals surface area contributed by atoms with Crippen LogP contribution in [-0.2, 0) is 0 Å². The van der Waals surface area contributed by atoms with Crippen LogP contribution >= 0.6 is 12.4 Å². The van der Waals surface area contributed by atoms with E-state index in [1.165, 1.54) is 3.51 Å². The number of benzene rings is 1. The number of hydrogen-bond acceptors (Lipinski definition) is 2. The van der Waals surface area contributed by atoms with E-state index >= 15 is 0 Å². The molecule has 74 valence electrons. The summed E-state index contributed by atoms with van der Waals surface area (Å²) in [5, 5.41) is 8.54. The number of halogens is 1. The Morgan fingerprint density at radius 1 is 1.23 bits per heavy atom. The third-order valence-corrected chi connectivity index (χ3v) is 4.46. The number of nitrogens with one attached hydrogen (secondary N) is 1. The molecule has 0 aliphatic rings. The molecule has 0 fully saturated rings. The van der Waals surface area contributed by atoms with Gasteiger partial charge in [-0.05, 0) is 0 Å². The zero-order chi connectivity index (χ0) is 8.65. The van der Waals surface area contributed by atoms with Gasteiger partial charge in [-0.15, -0.1) is 12.4 Å². The summed E-state index contributed by atoms with van der Waals surface area (Å²) in [6.07, 6.45) is 0.869. The van der Waals surface area contributed by atoms with Crippen molar-refractivity contribution in [2.24, 2.45) is 0 Å². The summed E-state index contributed by atoms with van der Waals surface area (Å²) in [6.45, 7) is 1.25. The topological polar surface area (TPSA) is 32.3 Å². The first kappa shape index (κ1) is 13.2. The van der Waals surface area contributed by atoms with Crippen molar-refractivity contribution in [3.63, 3.8) is 0 Å². The molecule has 0 amide bonds. The van der Waals surface area contributed by atoms with Gasteiger partial charge in [-0.2, -0.15) is 0 Å². The summed E-state index contributed by atoms with van der Waals surface area (Å²) in [6, 6.07) is 10.5. The SMILES string of the molecule is Cl.OCCC[NH][SbH][c]1ccccc1. The molecule has 2 N–H and O–H groups in total. The van der Waals surface area contributed by atoms with Gasteiger partial charge in [0.05, 0.1) is 0 Å². The van der Waals surface area contributed by atoms with E-state index in [0.29, 0.717) is 6.61 Å². The van der Waals surface area contributed by atoms with Crippen molar-refractivity contribution < 1.29 is 5.11 Å². The van der Waals surface area contributed by atoms with Crippen LogP contribution in [0.25, 0.3) is 0 Å². The predicted octanol–water partition coefficient (Wildman–Crippen LogP) is 0.0572. The number of aliphatic hydroxyl groups is 1. The van der Waals surface area contributed by atoms with E-state index < -0.39 is 21.9 Å². The van der Waals surface area contributed by atoms with Crippen LogP contribution in [0.3, 0.4) is 0 Å². The van der Waals surface area contributed by atoms with Gasteiger partial charge in [-0.3, -0.25) is 0 Å². The molecule has 0 aliphatic heterocycles. The molecule has 0 heterocycles. The van der Waals surface area contributed by atoms with Crippen molar-refractivity contribution in [3.8, 4) is 0 Å². The average molecular weight is 310 g/mol. The molecule has 0 radical (unpaired) electrons. The molecule has 13 heavy (non-hydrogen) atoms. The van der Waals surface area contributed by atoms with Gasteiger partial charge in [0.2, 0.25) is 0 Å². The maximum atomic E-state index is 8.54. The predicted molar refractivity (Wildman–Crippen MR) is 60.2 cm³/mol. The number of hydrogen-bond donors (Lipinski definition) is 2. The van der Waals surface area contributed by atoms with Gasteiger partial charge in [0.15, 0.2) is 0 Å². The van der Waals surface area contributed by atoms with Crippen LogP contribution in [-0.4, -0.2) is 40.2 Å². The van der Waals surface area contributed by atoms with Crippen molar-refractivity contribution in [2.75, 3.05) is 13.2 Å². The summed E-state index contributed by atoms with van der Waals surface area (Å²) in [7, 11) is 0. The molecule has 0 aliphatic carbocycles. The van der Waals surface area contributed by atoms with Gasteiger partial charge in [0.25, 0.3) is 0 Å². The second-order valence-corrected chi connectivity index (χ2v) is 5.87. The fourth-order valence-corrected chi connectivity index (χ4v) is 3.32. The Bertz CT molecular complexity index is 208. The van der Waals surface area contributed by atoms with Crippen LogP contribution in [0.15, 0.2) is 30.3 Å². The molecule has 0 aromatic heterocycles. The van der Waals surface area contributed by atoms with Crippen molar-refractivity contribution in [1.82, 2.24) is 3.48 Å². The maximum absolute atomic E-state index is 8.54. The van der Waals surface area contributed by atoms with E-state index in [0.717, 1.165) is 13.0 Å². The molecule has 0 bridgehead atoms. The Labute approximate surface area is 96.0 Å². The number of rotatable bonds is 5. The van der Waals surface area contributed by atoms with E-state index in [2.05, 4.69) is 27.7 Å². The zero-order valence-corrected chi connectivity index (χ0v) is 11.0. The van der Waals surface area contributed by atoms with Crippen LogP contribution in [0.1, 0.15) is 6.42 Å². The van der Waals surface area contributed by atoms with Gasteiger partial charge >= 0.3 is 83.9 Å². The average Bonchev–Trinajstić information content (AvgIpc) is 2.14. The molecule has 0 unspecified atom stereocenters. The molecule has 1 rings (SSSR count). The summed E-state index contributed by atoms with van der Waals surface area (Å²) < 4.78 is 4.87. The summed E-state index contributed by atoms with van der Waals surface area (Å²) in [5.41, 5.74) is 0. The van der Waals surface area contributed by atoms with Crippen molar-refractivity contribution in [3.05, 3.63) is 30.3 Å². The summed E-state index contributed by atoms with van der Waals surface area (Å²) in [5.74, 6) is 0. The fraction of sp³-hybridized carbons (Fsp3) is 0.333. The first-order chi connectivity index (χ1) is 5.93. The first-order valence-electron chi connectivity index (χ1n) is 4.08. The van der Waals surface area contributed by atoms with Crippen LogP contribution in [0.4, 0.5) is 0 Å². The Morgan fingerprint density at radius 3 is 2.54 bits per heavy atom. The van der Waals surface area contributed by atoms with E-state index in [4.69, 9.17) is 5.11 Å². The standard InChI is InChI=1S/C6H5.C3H8NO.ClH.Sb.H/c1-2-4-6-5-3-1;4-2-1-3-5;;;/h1-5H;4-5H,1-3H2;1H;;/q;-1;;+1;. The third-order valence-electron chi connectivity index (χ3n) is 1.47. The molecule has 1 aromatic rings. The molecule has 0 atom stereocenters. The molecule has 1 aromatic carbocycles. The molecule has 0 saturated heterocycles. The summed E-state index contributed by atoms with van der Waals surface area (Å²) in [4.78, 5) is 0. The van der Waals surface area contributed by atoms with Crippen LogP contribution < -0.4 is 6.99 Å². The minimum absolute atomic E-state index is 0. The third kappa shape index (κ3) is 6.34. The Kier molecular flexibility index (Phi) is 9.00. The Morgan fingerprint density at radius 2 is 1.92 bits per heavy atom. The monoisotopic (exact) mass is 309 g/mol. The second kappa shape index (κ2) is 8.83. The Hall–Kier alpha value is 0.248. The molecule has 0 spiro atoms. The van der Waals surface area contributed by atoms with E-state index in [1.54, 1.807) is 0 Å². The number of aliphatic hydroxyl groups excluding tert-OH is 1. The fourth-order valence-electron chi connectivity index (χ4n) is 0.853. The summed E-state index contributed by atoms with van der Waals surface area (Å²) >= 11 is -0.558. The molecule has 4 heteroatoms. The molecule has 0 saturated carbocycles. The Balaban J connectivity index is 0.00000144. The van der Waals surface area contributed by atoms with E-state index in [-0.39, 0.29) is 12.4 Å². The molecular weight excluding hydrogens is 295 g/mol.